The third-order valence-corrected chi connectivity index (χ3v) is 3.56. The molecule has 1 atom stereocenters. The van der Waals surface area contributed by atoms with Gasteiger partial charge in [-0.25, -0.2) is 4.39 Å². The fourth-order valence-corrected chi connectivity index (χ4v) is 2.48. The van der Waals surface area contributed by atoms with Crippen molar-refractivity contribution in [3.63, 3.8) is 0 Å². The number of hydrogen-bond donors (Lipinski definition) is 2. The minimum atomic E-state index is -0.353. The van der Waals surface area contributed by atoms with Gasteiger partial charge in [0.1, 0.15) is 12.4 Å². The Morgan fingerprint density at radius 1 is 1.18 bits per heavy atom. The van der Waals surface area contributed by atoms with Gasteiger partial charge in [0.05, 0.1) is 7.05 Å². The molecule has 2 rings (SSSR count). The predicted octanol–water partition coefficient (Wildman–Crippen LogP) is 2.10. The lowest BCUT2D eigenvalue weighted by atomic mass is 10.1. The Balaban J connectivity index is 1.91. The SMILES string of the molecule is Cc1ccc(C[NH+](C)CC(=O)Nc2cccc(F)c2)c(C)c1. The lowest BCUT2D eigenvalue weighted by Crippen LogP contribution is -3.08. The van der Waals surface area contributed by atoms with Crippen molar-refractivity contribution in [2.24, 2.45) is 0 Å². The summed E-state index contributed by atoms with van der Waals surface area (Å²) in [7, 11) is 1.98. The average Bonchev–Trinajstić information content (AvgIpc) is 2.41. The minimum absolute atomic E-state index is 0.118. The van der Waals surface area contributed by atoms with Crippen molar-refractivity contribution in [3.8, 4) is 0 Å². The molecular weight excluding hydrogens is 279 g/mol. The van der Waals surface area contributed by atoms with Gasteiger partial charge in [0, 0.05) is 11.3 Å². The zero-order valence-electron chi connectivity index (χ0n) is 13.2. The van der Waals surface area contributed by atoms with Crippen LogP contribution in [0.25, 0.3) is 0 Å². The second-order valence-electron chi connectivity index (χ2n) is 5.80. The lowest BCUT2D eigenvalue weighted by Gasteiger charge is -2.15. The van der Waals surface area contributed by atoms with Crippen LogP contribution in [-0.2, 0) is 11.3 Å². The van der Waals surface area contributed by atoms with E-state index in [1.165, 1.54) is 28.8 Å². The molecule has 0 saturated carbocycles. The standard InChI is InChI=1S/C18H21FN2O/c1-13-7-8-15(14(2)9-13)11-21(3)12-18(22)20-17-6-4-5-16(19)10-17/h4-10H,11-12H2,1-3H3,(H,20,22)/p+1. The molecule has 22 heavy (non-hydrogen) atoms. The van der Waals surface area contributed by atoms with E-state index in [0.717, 1.165) is 11.4 Å². The zero-order valence-corrected chi connectivity index (χ0v) is 13.2. The summed E-state index contributed by atoms with van der Waals surface area (Å²) in [5, 5.41) is 2.72. The van der Waals surface area contributed by atoms with Gasteiger partial charge in [0.15, 0.2) is 6.54 Å². The number of benzene rings is 2. The van der Waals surface area contributed by atoms with Gasteiger partial charge in [-0.15, -0.1) is 0 Å². The summed E-state index contributed by atoms with van der Waals surface area (Å²) in [5.41, 5.74) is 4.21. The zero-order chi connectivity index (χ0) is 16.1. The molecule has 0 aliphatic rings. The molecule has 0 fully saturated rings. The fraction of sp³-hybridized carbons (Fsp3) is 0.278. The van der Waals surface area contributed by atoms with E-state index in [1.807, 2.05) is 7.05 Å². The fourth-order valence-electron chi connectivity index (χ4n) is 2.48. The number of quaternary nitrogens is 1. The molecule has 0 bridgehead atoms. The quantitative estimate of drug-likeness (QED) is 0.871. The molecule has 2 aromatic carbocycles. The number of likely N-dealkylation sites (N-methyl/N-ethyl adjacent to an activating group) is 1. The molecule has 0 aromatic heterocycles. The van der Waals surface area contributed by atoms with E-state index in [4.69, 9.17) is 0 Å². The Morgan fingerprint density at radius 3 is 2.64 bits per heavy atom. The van der Waals surface area contributed by atoms with E-state index in [0.29, 0.717) is 12.2 Å². The molecule has 0 saturated heterocycles. The van der Waals surface area contributed by atoms with Crippen LogP contribution in [0, 0.1) is 19.7 Å². The summed E-state index contributed by atoms with van der Waals surface area (Å²) in [6.45, 7) is 5.27. The van der Waals surface area contributed by atoms with Crippen molar-refractivity contribution in [2.75, 3.05) is 18.9 Å². The van der Waals surface area contributed by atoms with Gasteiger partial charge in [-0.2, -0.15) is 0 Å². The number of aryl methyl sites for hydroxylation is 2. The van der Waals surface area contributed by atoms with Gasteiger partial charge in [0.2, 0.25) is 0 Å². The highest BCUT2D eigenvalue weighted by atomic mass is 19.1. The maximum absolute atomic E-state index is 13.1. The van der Waals surface area contributed by atoms with Crippen LogP contribution in [0.3, 0.4) is 0 Å². The first kappa shape index (κ1) is 16.2. The van der Waals surface area contributed by atoms with E-state index in [9.17, 15) is 9.18 Å². The van der Waals surface area contributed by atoms with Gasteiger partial charge >= 0.3 is 0 Å². The summed E-state index contributed by atoms with van der Waals surface area (Å²) in [6.07, 6.45) is 0. The topological polar surface area (TPSA) is 33.5 Å². The highest BCUT2D eigenvalue weighted by Crippen LogP contribution is 2.09. The largest absolute Gasteiger partial charge is 0.326 e. The first-order valence-electron chi connectivity index (χ1n) is 7.37. The van der Waals surface area contributed by atoms with Crippen molar-refractivity contribution >= 4 is 11.6 Å². The lowest BCUT2D eigenvalue weighted by molar-refractivity contribution is -0.885. The van der Waals surface area contributed by atoms with Crippen LogP contribution in [-0.4, -0.2) is 19.5 Å². The van der Waals surface area contributed by atoms with Crippen LogP contribution in [0.1, 0.15) is 16.7 Å². The van der Waals surface area contributed by atoms with Crippen LogP contribution in [0.4, 0.5) is 10.1 Å². The average molecular weight is 301 g/mol. The van der Waals surface area contributed by atoms with Crippen LogP contribution < -0.4 is 10.2 Å². The van der Waals surface area contributed by atoms with Gasteiger partial charge in [0.25, 0.3) is 5.91 Å². The van der Waals surface area contributed by atoms with E-state index < -0.39 is 0 Å². The maximum Gasteiger partial charge on any atom is 0.279 e. The monoisotopic (exact) mass is 301 g/mol. The molecule has 116 valence electrons. The summed E-state index contributed by atoms with van der Waals surface area (Å²) >= 11 is 0. The van der Waals surface area contributed by atoms with Crippen molar-refractivity contribution in [3.05, 3.63) is 65.0 Å². The van der Waals surface area contributed by atoms with E-state index in [-0.39, 0.29) is 11.7 Å². The molecule has 1 unspecified atom stereocenters. The van der Waals surface area contributed by atoms with Crippen molar-refractivity contribution in [1.82, 2.24) is 0 Å². The van der Waals surface area contributed by atoms with Crippen LogP contribution in [0.15, 0.2) is 42.5 Å². The number of halogens is 1. The van der Waals surface area contributed by atoms with Gasteiger partial charge in [-0.1, -0.05) is 29.8 Å². The van der Waals surface area contributed by atoms with Crippen LogP contribution in [0.2, 0.25) is 0 Å². The maximum atomic E-state index is 13.1. The molecule has 4 heteroatoms. The third kappa shape index (κ3) is 4.67. The number of hydrogen-bond acceptors (Lipinski definition) is 1. The Labute approximate surface area is 130 Å². The Hall–Kier alpha value is -2.20. The van der Waals surface area contributed by atoms with Crippen molar-refractivity contribution in [1.29, 1.82) is 0 Å². The molecule has 0 aliphatic carbocycles. The number of nitrogens with one attached hydrogen (secondary N) is 2. The second kappa shape index (κ2) is 7.18. The van der Waals surface area contributed by atoms with Crippen molar-refractivity contribution < 1.29 is 14.1 Å². The summed E-state index contributed by atoms with van der Waals surface area (Å²) in [4.78, 5) is 13.1. The number of carbonyl (C=O) groups excluding carboxylic acids is 1. The highest BCUT2D eigenvalue weighted by molar-refractivity contribution is 5.91. The molecule has 3 nitrogen and oxygen atoms in total. The van der Waals surface area contributed by atoms with E-state index in [1.54, 1.807) is 12.1 Å². The Bertz CT molecular complexity index is 670. The molecule has 0 aliphatic heterocycles. The molecule has 0 heterocycles. The number of anilines is 1. The molecule has 0 radical (unpaired) electrons. The van der Waals surface area contributed by atoms with E-state index >= 15 is 0 Å². The first-order valence-corrected chi connectivity index (χ1v) is 7.37. The first-order chi connectivity index (χ1) is 10.4. The van der Waals surface area contributed by atoms with Crippen LogP contribution >= 0.6 is 0 Å². The normalized spacial score (nSPS) is 12.0. The number of carbonyl (C=O) groups is 1. The third-order valence-electron chi connectivity index (χ3n) is 3.56. The van der Waals surface area contributed by atoms with Gasteiger partial charge in [-0.3, -0.25) is 4.79 Å². The summed E-state index contributed by atoms with van der Waals surface area (Å²) in [5.74, 6) is -0.471. The minimum Gasteiger partial charge on any atom is -0.326 e. The van der Waals surface area contributed by atoms with E-state index in [2.05, 4.69) is 37.4 Å². The second-order valence-corrected chi connectivity index (χ2v) is 5.80. The predicted molar refractivity (Wildman–Crippen MR) is 86.4 cm³/mol. The molecule has 1 amide bonds. The highest BCUT2D eigenvalue weighted by Gasteiger charge is 2.12. The molecule has 2 N–H and O–H groups in total. The Morgan fingerprint density at radius 2 is 1.95 bits per heavy atom. The van der Waals surface area contributed by atoms with Gasteiger partial charge in [-0.05, 0) is 37.6 Å². The molecule has 2 aromatic rings. The van der Waals surface area contributed by atoms with Gasteiger partial charge < -0.3 is 10.2 Å². The number of rotatable bonds is 5. The molecule has 0 spiro atoms. The smallest absolute Gasteiger partial charge is 0.279 e. The Kier molecular flexibility index (Phi) is 5.28. The summed E-state index contributed by atoms with van der Waals surface area (Å²) < 4.78 is 13.1. The van der Waals surface area contributed by atoms with Crippen LogP contribution in [0.5, 0.6) is 0 Å². The molecular formula is C18H22FN2O+. The number of amides is 1. The van der Waals surface area contributed by atoms with Crippen molar-refractivity contribution in [2.45, 2.75) is 20.4 Å². The summed E-state index contributed by atoms with van der Waals surface area (Å²) in [6, 6.07) is 12.3.